The van der Waals surface area contributed by atoms with Crippen LogP contribution in [0.25, 0.3) is 28.2 Å². The SMILES string of the molecule is Cc1c(C(=O)NN2CCCCC2)nn(-c2ccc(Cl)cc2Cl)c1-c1ccc(-c2ncccc2S(=O)(=O)O)cc1. The lowest BCUT2D eigenvalue weighted by Gasteiger charge is -2.26. The van der Waals surface area contributed by atoms with Crippen LogP contribution < -0.4 is 5.43 Å². The number of carbonyl (C=O) groups excluding carboxylic acids is 1. The number of benzene rings is 2. The van der Waals surface area contributed by atoms with E-state index in [0.29, 0.717) is 38.1 Å². The lowest BCUT2D eigenvalue weighted by molar-refractivity contribution is 0.0743. The Morgan fingerprint density at radius 1 is 1.00 bits per heavy atom. The van der Waals surface area contributed by atoms with Gasteiger partial charge in [-0.2, -0.15) is 13.5 Å². The number of piperidine rings is 1. The summed E-state index contributed by atoms with van der Waals surface area (Å²) in [7, 11) is -4.47. The van der Waals surface area contributed by atoms with Gasteiger partial charge in [-0.1, -0.05) is 53.9 Å². The Labute approximate surface area is 236 Å². The first kappa shape index (κ1) is 27.3. The minimum atomic E-state index is -4.47. The highest BCUT2D eigenvalue weighted by molar-refractivity contribution is 7.86. The minimum Gasteiger partial charge on any atom is -0.283 e. The van der Waals surface area contributed by atoms with E-state index in [4.69, 9.17) is 23.2 Å². The number of aromatic nitrogens is 3. The van der Waals surface area contributed by atoms with Crippen LogP contribution in [-0.2, 0) is 10.1 Å². The molecule has 0 bridgehead atoms. The van der Waals surface area contributed by atoms with Crippen LogP contribution in [0.15, 0.2) is 65.7 Å². The maximum atomic E-state index is 13.3. The van der Waals surface area contributed by atoms with Gasteiger partial charge in [0.15, 0.2) is 5.69 Å². The fourth-order valence-corrected chi connectivity index (χ4v) is 5.84. The van der Waals surface area contributed by atoms with Crippen molar-refractivity contribution in [3.63, 3.8) is 0 Å². The summed E-state index contributed by atoms with van der Waals surface area (Å²) >= 11 is 12.7. The second-order valence-electron chi connectivity index (χ2n) is 9.22. The van der Waals surface area contributed by atoms with Crippen molar-refractivity contribution in [3.05, 3.63) is 82.1 Å². The monoisotopic (exact) mass is 585 g/mol. The molecule has 3 heterocycles. The van der Waals surface area contributed by atoms with E-state index >= 15 is 0 Å². The van der Waals surface area contributed by atoms with E-state index in [-0.39, 0.29) is 22.2 Å². The molecule has 2 N–H and O–H groups in total. The number of pyridine rings is 1. The van der Waals surface area contributed by atoms with Crippen molar-refractivity contribution >= 4 is 39.2 Å². The average molecular weight is 587 g/mol. The number of halogens is 2. The van der Waals surface area contributed by atoms with Crippen LogP contribution in [0, 0.1) is 6.92 Å². The van der Waals surface area contributed by atoms with E-state index < -0.39 is 10.1 Å². The molecule has 2 aromatic carbocycles. The summed E-state index contributed by atoms with van der Waals surface area (Å²) in [4.78, 5) is 17.2. The predicted octanol–water partition coefficient (Wildman–Crippen LogP) is 5.59. The Hall–Kier alpha value is -3.28. The third kappa shape index (κ3) is 5.70. The summed E-state index contributed by atoms with van der Waals surface area (Å²) in [5.74, 6) is -0.317. The first-order valence-electron chi connectivity index (χ1n) is 12.3. The molecule has 0 saturated carbocycles. The molecule has 1 aliphatic rings. The number of amides is 1. The van der Waals surface area contributed by atoms with Crippen LogP contribution in [0.1, 0.15) is 35.3 Å². The summed E-state index contributed by atoms with van der Waals surface area (Å²) in [6, 6.07) is 14.7. The van der Waals surface area contributed by atoms with Crippen LogP contribution in [-0.4, -0.2) is 51.7 Å². The van der Waals surface area contributed by atoms with E-state index in [1.165, 1.54) is 18.3 Å². The van der Waals surface area contributed by atoms with Crippen molar-refractivity contribution in [1.82, 2.24) is 25.2 Å². The van der Waals surface area contributed by atoms with Gasteiger partial charge in [0, 0.05) is 41.0 Å². The first-order valence-corrected chi connectivity index (χ1v) is 14.5. The van der Waals surface area contributed by atoms with Gasteiger partial charge in [0.2, 0.25) is 0 Å². The average Bonchev–Trinajstić information content (AvgIpc) is 3.25. The smallest absolute Gasteiger partial charge is 0.283 e. The van der Waals surface area contributed by atoms with Crippen LogP contribution in [0.3, 0.4) is 0 Å². The molecular formula is C27H25Cl2N5O4S. The molecular weight excluding hydrogens is 561 g/mol. The molecule has 1 amide bonds. The first-order chi connectivity index (χ1) is 18.6. The van der Waals surface area contributed by atoms with Gasteiger partial charge in [-0.3, -0.25) is 19.8 Å². The van der Waals surface area contributed by atoms with Gasteiger partial charge in [-0.15, -0.1) is 0 Å². The van der Waals surface area contributed by atoms with Crippen molar-refractivity contribution in [2.45, 2.75) is 31.1 Å². The number of nitrogens with one attached hydrogen (secondary N) is 1. The number of carbonyl (C=O) groups is 1. The zero-order valence-electron chi connectivity index (χ0n) is 20.9. The van der Waals surface area contributed by atoms with Crippen LogP contribution >= 0.6 is 23.2 Å². The molecule has 0 unspecified atom stereocenters. The van der Waals surface area contributed by atoms with Gasteiger partial charge >= 0.3 is 0 Å². The third-order valence-electron chi connectivity index (χ3n) is 6.57. The predicted molar refractivity (Wildman–Crippen MR) is 150 cm³/mol. The molecule has 0 atom stereocenters. The van der Waals surface area contributed by atoms with Crippen LogP contribution in [0.4, 0.5) is 0 Å². The minimum absolute atomic E-state index is 0.124. The molecule has 1 fully saturated rings. The summed E-state index contributed by atoms with van der Waals surface area (Å²) in [5, 5.41) is 7.40. The maximum Gasteiger partial charge on any atom is 0.296 e. The molecule has 1 saturated heterocycles. The molecule has 0 radical (unpaired) electrons. The second-order valence-corrected chi connectivity index (χ2v) is 11.5. The Morgan fingerprint density at radius 2 is 1.69 bits per heavy atom. The largest absolute Gasteiger partial charge is 0.296 e. The number of hydrogen-bond donors (Lipinski definition) is 2. The zero-order chi connectivity index (χ0) is 27.7. The lowest BCUT2D eigenvalue weighted by atomic mass is 10.0. The van der Waals surface area contributed by atoms with Crippen molar-refractivity contribution in [2.75, 3.05) is 13.1 Å². The number of hydrogen-bond acceptors (Lipinski definition) is 6. The molecule has 1 aliphatic heterocycles. The van der Waals surface area contributed by atoms with Crippen molar-refractivity contribution < 1.29 is 17.8 Å². The van der Waals surface area contributed by atoms with Gasteiger partial charge < -0.3 is 0 Å². The van der Waals surface area contributed by atoms with Gasteiger partial charge in [0.1, 0.15) is 4.90 Å². The highest BCUT2D eigenvalue weighted by Crippen LogP contribution is 2.34. The zero-order valence-corrected chi connectivity index (χ0v) is 23.3. The van der Waals surface area contributed by atoms with Gasteiger partial charge in [-0.25, -0.2) is 9.69 Å². The van der Waals surface area contributed by atoms with Crippen molar-refractivity contribution in [3.8, 4) is 28.2 Å². The standard InChI is InChI=1S/C27H25Cl2N5O4S/c1-17-24(27(35)32-33-14-3-2-4-15-33)31-34(22-12-11-20(28)16-21(22)29)26(17)19-9-7-18(8-10-19)25-23(39(36,37)38)6-5-13-30-25/h5-13,16H,2-4,14-15H2,1H3,(H,32,35)(H,36,37,38). The van der Waals surface area contributed by atoms with Gasteiger partial charge in [0.25, 0.3) is 16.0 Å². The van der Waals surface area contributed by atoms with Crippen molar-refractivity contribution in [2.24, 2.45) is 0 Å². The van der Waals surface area contributed by atoms with Crippen LogP contribution in [0.5, 0.6) is 0 Å². The second kappa shape index (κ2) is 11.1. The topological polar surface area (TPSA) is 117 Å². The maximum absolute atomic E-state index is 13.3. The number of rotatable bonds is 6. The molecule has 0 aliphatic carbocycles. The van der Waals surface area contributed by atoms with Crippen LogP contribution in [0.2, 0.25) is 10.0 Å². The molecule has 2 aromatic heterocycles. The molecule has 12 heteroatoms. The quantitative estimate of drug-likeness (QED) is 0.283. The van der Waals surface area contributed by atoms with E-state index in [2.05, 4.69) is 15.5 Å². The fraction of sp³-hybridized carbons (Fsp3) is 0.222. The Kier molecular flexibility index (Phi) is 7.75. The molecule has 9 nitrogen and oxygen atoms in total. The highest BCUT2D eigenvalue weighted by Gasteiger charge is 2.25. The summed E-state index contributed by atoms with van der Waals surface area (Å²) < 4.78 is 35.0. The Balaban J connectivity index is 1.59. The Bertz CT molecular complexity index is 1650. The number of hydrazine groups is 1. The third-order valence-corrected chi connectivity index (χ3v) is 7.99. The lowest BCUT2D eigenvalue weighted by Crippen LogP contribution is -2.45. The van der Waals surface area contributed by atoms with Crippen molar-refractivity contribution in [1.29, 1.82) is 0 Å². The van der Waals surface area contributed by atoms with E-state index in [0.717, 1.165) is 32.4 Å². The van der Waals surface area contributed by atoms with Gasteiger partial charge in [0.05, 0.1) is 22.1 Å². The molecule has 39 heavy (non-hydrogen) atoms. The normalized spacial score (nSPS) is 14.4. The van der Waals surface area contributed by atoms with E-state index in [9.17, 15) is 17.8 Å². The molecule has 0 spiro atoms. The summed E-state index contributed by atoms with van der Waals surface area (Å²) in [6.07, 6.45) is 4.62. The fourth-order valence-electron chi connectivity index (χ4n) is 4.68. The summed E-state index contributed by atoms with van der Waals surface area (Å²) in [5.41, 5.74) is 6.35. The molecule has 4 aromatic rings. The summed E-state index contributed by atoms with van der Waals surface area (Å²) in [6.45, 7) is 3.38. The Morgan fingerprint density at radius 3 is 2.36 bits per heavy atom. The van der Waals surface area contributed by atoms with E-state index in [1.54, 1.807) is 47.1 Å². The molecule has 202 valence electrons. The van der Waals surface area contributed by atoms with E-state index in [1.807, 2.05) is 11.9 Å². The van der Waals surface area contributed by atoms with Gasteiger partial charge in [-0.05, 0) is 50.1 Å². The molecule has 5 rings (SSSR count). The number of nitrogens with zero attached hydrogens (tertiary/aromatic N) is 4. The highest BCUT2D eigenvalue weighted by atomic mass is 35.5.